The molecule has 3 rings (SSSR count). The highest BCUT2D eigenvalue weighted by atomic mass is 16.2. The molecule has 1 aromatic heterocycles. The van der Waals surface area contributed by atoms with Gasteiger partial charge in [0, 0.05) is 38.8 Å². The lowest BCUT2D eigenvalue weighted by Crippen LogP contribution is -2.43. The third-order valence-corrected chi connectivity index (χ3v) is 5.34. The van der Waals surface area contributed by atoms with E-state index >= 15 is 0 Å². The lowest BCUT2D eigenvalue weighted by molar-refractivity contribution is -0.143. The molecular weight excluding hydrogens is 366 g/mol. The van der Waals surface area contributed by atoms with E-state index in [1.807, 2.05) is 44.2 Å². The fraction of sp³-hybridized carbons (Fsp3) is 0.391. The Labute approximate surface area is 171 Å². The van der Waals surface area contributed by atoms with Gasteiger partial charge in [-0.15, -0.1) is 0 Å². The van der Waals surface area contributed by atoms with Crippen LogP contribution in [0.5, 0.6) is 0 Å². The summed E-state index contributed by atoms with van der Waals surface area (Å²) in [7, 11) is 1.75. The van der Waals surface area contributed by atoms with Gasteiger partial charge in [0.1, 0.15) is 0 Å². The maximum absolute atomic E-state index is 13.5. The van der Waals surface area contributed by atoms with Gasteiger partial charge < -0.3 is 4.90 Å². The van der Waals surface area contributed by atoms with Crippen LogP contribution in [-0.2, 0) is 26.3 Å². The molecule has 0 radical (unpaired) electrons. The van der Waals surface area contributed by atoms with Crippen molar-refractivity contribution in [1.29, 1.82) is 0 Å². The highest BCUT2D eigenvalue weighted by Crippen LogP contribution is 2.40. The second kappa shape index (κ2) is 8.55. The third kappa shape index (κ3) is 4.36. The Morgan fingerprint density at radius 3 is 2.41 bits per heavy atom. The molecule has 6 nitrogen and oxygen atoms in total. The molecule has 1 aromatic carbocycles. The fourth-order valence-electron chi connectivity index (χ4n) is 3.90. The summed E-state index contributed by atoms with van der Waals surface area (Å²) in [4.78, 5) is 46.3. The molecule has 0 aliphatic carbocycles. The lowest BCUT2D eigenvalue weighted by atomic mass is 9.75. The molecule has 2 aromatic rings. The van der Waals surface area contributed by atoms with E-state index in [1.54, 1.807) is 36.5 Å². The number of benzene rings is 1. The summed E-state index contributed by atoms with van der Waals surface area (Å²) < 4.78 is 0. The first-order valence-corrected chi connectivity index (χ1v) is 9.86. The van der Waals surface area contributed by atoms with Gasteiger partial charge in [0.25, 0.3) is 0 Å². The van der Waals surface area contributed by atoms with Gasteiger partial charge >= 0.3 is 0 Å². The molecule has 152 valence electrons. The summed E-state index contributed by atoms with van der Waals surface area (Å²) in [5.41, 5.74) is 0.379. The molecule has 0 spiro atoms. The number of rotatable bonds is 7. The van der Waals surface area contributed by atoms with Crippen LogP contribution < -0.4 is 0 Å². The SMILES string of the molecule is CC(C)CN(C)C(=O)C[C@@]1(c2ccccc2)CC(=O)N(Cc2ccncc2)C1=O. The molecule has 0 N–H and O–H groups in total. The predicted octanol–water partition coefficient (Wildman–Crippen LogP) is 2.78. The number of hydrogen-bond donors (Lipinski definition) is 0. The van der Waals surface area contributed by atoms with E-state index < -0.39 is 5.41 Å². The van der Waals surface area contributed by atoms with E-state index in [1.165, 1.54) is 4.90 Å². The van der Waals surface area contributed by atoms with Crippen molar-refractivity contribution in [3.8, 4) is 0 Å². The molecule has 2 heterocycles. The maximum atomic E-state index is 13.5. The first-order chi connectivity index (χ1) is 13.8. The number of carbonyl (C=O) groups is 3. The first-order valence-electron chi connectivity index (χ1n) is 9.86. The van der Waals surface area contributed by atoms with Crippen molar-refractivity contribution in [2.24, 2.45) is 5.92 Å². The van der Waals surface area contributed by atoms with Crippen LogP contribution in [0.15, 0.2) is 54.9 Å². The summed E-state index contributed by atoms with van der Waals surface area (Å²) in [6, 6.07) is 12.8. The molecule has 0 saturated carbocycles. The number of nitrogens with zero attached hydrogens (tertiary/aromatic N) is 3. The van der Waals surface area contributed by atoms with Gasteiger partial charge in [-0.05, 0) is 29.2 Å². The smallest absolute Gasteiger partial charge is 0.241 e. The zero-order valence-electron chi connectivity index (χ0n) is 17.2. The van der Waals surface area contributed by atoms with Gasteiger partial charge in [-0.1, -0.05) is 44.2 Å². The van der Waals surface area contributed by atoms with Gasteiger partial charge in [0.05, 0.1) is 12.0 Å². The van der Waals surface area contributed by atoms with E-state index in [9.17, 15) is 14.4 Å². The topological polar surface area (TPSA) is 70.6 Å². The predicted molar refractivity (Wildman–Crippen MR) is 110 cm³/mol. The van der Waals surface area contributed by atoms with E-state index in [2.05, 4.69) is 4.98 Å². The van der Waals surface area contributed by atoms with Crippen LogP contribution in [-0.4, -0.2) is 46.1 Å². The third-order valence-electron chi connectivity index (χ3n) is 5.34. The Balaban J connectivity index is 1.93. The van der Waals surface area contributed by atoms with Crippen LogP contribution in [0.1, 0.15) is 37.8 Å². The minimum atomic E-state index is -1.16. The molecule has 1 aliphatic heterocycles. The molecule has 29 heavy (non-hydrogen) atoms. The molecular formula is C23H27N3O3. The Morgan fingerprint density at radius 2 is 1.79 bits per heavy atom. The van der Waals surface area contributed by atoms with Crippen LogP contribution in [0, 0.1) is 5.92 Å². The minimum absolute atomic E-state index is 0.00217. The monoisotopic (exact) mass is 393 g/mol. The van der Waals surface area contributed by atoms with E-state index in [-0.39, 0.29) is 37.1 Å². The van der Waals surface area contributed by atoms with Crippen LogP contribution in [0.25, 0.3) is 0 Å². The normalized spacial score (nSPS) is 19.1. The molecule has 6 heteroatoms. The molecule has 1 fully saturated rings. The first kappa shape index (κ1) is 20.7. The number of likely N-dealkylation sites (tertiary alicyclic amines) is 1. The number of pyridine rings is 1. The number of hydrogen-bond acceptors (Lipinski definition) is 4. The van der Waals surface area contributed by atoms with Crippen molar-refractivity contribution in [2.75, 3.05) is 13.6 Å². The largest absolute Gasteiger partial charge is 0.345 e. The van der Waals surface area contributed by atoms with E-state index in [4.69, 9.17) is 0 Å². The van der Waals surface area contributed by atoms with E-state index in [0.717, 1.165) is 5.56 Å². The van der Waals surface area contributed by atoms with Gasteiger partial charge in [-0.2, -0.15) is 0 Å². The molecule has 1 saturated heterocycles. The van der Waals surface area contributed by atoms with Gasteiger partial charge in [-0.25, -0.2) is 0 Å². The zero-order chi connectivity index (χ0) is 21.0. The molecule has 3 amide bonds. The number of aromatic nitrogens is 1. The highest BCUT2D eigenvalue weighted by molar-refractivity contribution is 6.10. The summed E-state index contributed by atoms with van der Waals surface area (Å²) in [6.45, 7) is 4.87. The van der Waals surface area contributed by atoms with Crippen LogP contribution in [0.3, 0.4) is 0 Å². The van der Waals surface area contributed by atoms with Crippen molar-refractivity contribution in [3.05, 3.63) is 66.0 Å². The second-order valence-electron chi connectivity index (χ2n) is 8.11. The number of carbonyl (C=O) groups excluding carboxylic acids is 3. The Hall–Kier alpha value is -3.02. The molecule has 1 atom stereocenters. The van der Waals surface area contributed by atoms with Crippen LogP contribution >= 0.6 is 0 Å². The van der Waals surface area contributed by atoms with Crippen LogP contribution in [0.4, 0.5) is 0 Å². The average molecular weight is 393 g/mol. The summed E-state index contributed by atoms with van der Waals surface area (Å²) in [5, 5.41) is 0. The lowest BCUT2D eigenvalue weighted by Gasteiger charge is -2.29. The highest BCUT2D eigenvalue weighted by Gasteiger charge is 2.53. The van der Waals surface area contributed by atoms with Gasteiger partial charge in [0.2, 0.25) is 17.7 Å². The van der Waals surface area contributed by atoms with Crippen molar-refractivity contribution in [2.45, 2.75) is 38.6 Å². The quantitative estimate of drug-likeness (QED) is 0.678. The zero-order valence-corrected chi connectivity index (χ0v) is 17.2. The van der Waals surface area contributed by atoms with E-state index in [0.29, 0.717) is 18.0 Å². The Kier molecular flexibility index (Phi) is 6.11. The number of imide groups is 1. The number of amides is 3. The van der Waals surface area contributed by atoms with Gasteiger partial charge in [0.15, 0.2) is 0 Å². The molecule has 0 bridgehead atoms. The summed E-state index contributed by atoms with van der Waals surface area (Å²) >= 11 is 0. The van der Waals surface area contributed by atoms with Crippen LogP contribution in [0.2, 0.25) is 0 Å². The fourth-order valence-corrected chi connectivity index (χ4v) is 3.90. The van der Waals surface area contributed by atoms with Crippen molar-refractivity contribution >= 4 is 17.7 Å². The maximum Gasteiger partial charge on any atom is 0.241 e. The standard InChI is InChI=1S/C23H27N3O3/c1-17(2)15-25(3)20(27)13-23(19-7-5-4-6-8-19)14-21(28)26(22(23)29)16-18-9-11-24-12-10-18/h4-12,17H,13-16H2,1-3H3/t23-/m0/s1. The van der Waals surface area contributed by atoms with Crippen molar-refractivity contribution in [3.63, 3.8) is 0 Å². The Morgan fingerprint density at radius 1 is 1.14 bits per heavy atom. The van der Waals surface area contributed by atoms with Crippen molar-refractivity contribution in [1.82, 2.24) is 14.8 Å². The summed E-state index contributed by atoms with van der Waals surface area (Å²) in [5.74, 6) is -0.373. The van der Waals surface area contributed by atoms with Gasteiger partial charge in [-0.3, -0.25) is 24.3 Å². The second-order valence-corrected chi connectivity index (χ2v) is 8.11. The minimum Gasteiger partial charge on any atom is -0.345 e. The average Bonchev–Trinajstić information content (AvgIpc) is 2.94. The molecule has 1 aliphatic rings. The summed E-state index contributed by atoms with van der Waals surface area (Å²) in [6.07, 6.45) is 3.25. The van der Waals surface area contributed by atoms with Crippen molar-refractivity contribution < 1.29 is 14.4 Å². The molecule has 0 unspecified atom stereocenters. The Bertz CT molecular complexity index is 883.